The molecule has 0 aliphatic heterocycles. The van der Waals surface area contributed by atoms with E-state index in [-0.39, 0.29) is 6.54 Å². The van der Waals surface area contributed by atoms with Crippen LogP contribution in [0.2, 0.25) is 0 Å². The van der Waals surface area contributed by atoms with Crippen molar-refractivity contribution in [3.05, 3.63) is 11.9 Å². The Kier molecular flexibility index (Phi) is 6.23. The number of likely N-dealkylation sites (N-methyl/N-ethyl adjacent to an activating group) is 1. The number of hydrogen-bond donors (Lipinski definition) is 1. The molecule has 0 bridgehead atoms. The Balaban J connectivity index is 2.26. The Labute approximate surface area is 110 Å². The molecule has 0 aromatic carbocycles. The van der Waals surface area contributed by atoms with Crippen LogP contribution in [0, 0.1) is 0 Å². The molecule has 0 saturated heterocycles. The van der Waals surface area contributed by atoms with E-state index in [1.165, 1.54) is 0 Å². The first kappa shape index (κ1) is 15.9. The smallest absolute Gasteiger partial charge is 0.311 e. The van der Waals surface area contributed by atoms with Crippen molar-refractivity contribution < 1.29 is 13.2 Å². The normalized spacial score (nSPS) is 12.3. The Morgan fingerprint density at radius 2 is 2.11 bits per heavy atom. The van der Waals surface area contributed by atoms with Crippen molar-refractivity contribution in [3.8, 4) is 0 Å². The molecule has 1 heterocycles. The van der Waals surface area contributed by atoms with Gasteiger partial charge in [-0.15, -0.1) is 5.10 Å². The molecule has 0 radical (unpaired) electrons. The van der Waals surface area contributed by atoms with E-state index in [4.69, 9.17) is 0 Å². The van der Waals surface area contributed by atoms with Gasteiger partial charge in [0, 0.05) is 25.8 Å². The summed E-state index contributed by atoms with van der Waals surface area (Å²) in [6, 6.07) is 0. The van der Waals surface area contributed by atoms with Gasteiger partial charge in [-0.1, -0.05) is 12.1 Å². The van der Waals surface area contributed by atoms with Gasteiger partial charge < -0.3 is 10.2 Å². The fourth-order valence-electron chi connectivity index (χ4n) is 1.48. The molecule has 0 amide bonds. The molecule has 0 fully saturated rings. The SMILES string of the molecule is CCNCc1cn(CCN(C)CCC(F)(F)F)nn1. The molecule has 8 heteroatoms. The molecule has 5 nitrogen and oxygen atoms in total. The van der Waals surface area contributed by atoms with Crippen molar-refractivity contribution >= 4 is 0 Å². The van der Waals surface area contributed by atoms with E-state index in [1.807, 2.05) is 6.92 Å². The van der Waals surface area contributed by atoms with Gasteiger partial charge in [0.25, 0.3) is 0 Å². The van der Waals surface area contributed by atoms with Gasteiger partial charge in [0.05, 0.1) is 18.7 Å². The molecule has 1 rings (SSSR count). The summed E-state index contributed by atoms with van der Waals surface area (Å²) >= 11 is 0. The number of nitrogens with zero attached hydrogens (tertiary/aromatic N) is 4. The highest BCUT2D eigenvalue weighted by atomic mass is 19.4. The average molecular weight is 279 g/mol. The van der Waals surface area contributed by atoms with Crippen LogP contribution in [0.25, 0.3) is 0 Å². The Morgan fingerprint density at radius 3 is 2.74 bits per heavy atom. The van der Waals surface area contributed by atoms with Gasteiger partial charge in [0.1, 0.15) is 0 Å². The first-order valence-electron chi connectivity index (χ1n) is 6.25. The molecule has 110 valence electrons. The van der Waals surface area contributed by atoms with Gasteiger partial charge in [-0.25, -0.2) is 0 Å². The molecule has 0 aliphatic rings. The maximum Gasteiger partial charge on any atom is 0.390 e. The van der Waals surface area contributed by atoms with Crippen LogP contribution in [0.4, 0.5) is 13.2 Å². The topological polar surface area (TPSA) is 46.0 Å². The van der Waals surface area contributed by atoms with E-state index in [9.17, 15) is 13.2 Å². The van der Waals surface area contributed by atoms with Gasteiger partial charge in [-0.2, -0.15) is 13.2 Å². The summed E-state index contributed by atoms with van der Waals surface area (Å²) in [7, 11) is 1.67. The highest BCUT2D eigenvalue weighted by Crippen LogP contribution is 2.19. The lowest BCUT2D eigenvalue weighted by molar-refractivity contribution is -0.137. The second-order valence-electron chi connectivity index (χ2n) is 4.42. The third-order valence-corrected chi connectivity index (χ3v) is 2.63. The van der Waals surface area contributed by atoms with Gasteiger partial charge in [-0.05, 0) is 13.6 Å². The molecular weight excluding hydrogens is 259 g/mol. The number of hydrogen-bond acceptors (Lipinski definition) is 4. The minimum Gasteiger partial charge on any atom is -0.311 e. The maximum atomic E-state index is 12.0. The van der Waals surface area contributed by atoms with Crippen LogP contribution in [0.5, 0.6) is 0 Å². The molecule has 19 heavy (non-hydrogen) atoms. The van der Waals surface area contributed by atoms with Crippen molar-refractivity contribution in [2.75, 3.05) is 26.7 Å². The Bertz CT molecular complexity index is 363. The van der Waals surface area contributed by atoms with E-state index in [1.54, 1.807) is 22.8 Å². The summed E-state index contributed by atoms with van der Waals surface area (Å²) in [4.78, 5) is 1.64. The molecule has 0 spiro atoms. The second-order valence-corrected chi connectivity index (χ2v) is 4.42. The summed E-state index contributed by atoms with van der Waals surface area (Å²) in [6.45, 7) is 4.56. The van der Waals surface area contributed by atoms with Crippen molar-refractivity contribution in [2.45, 2.75) is 32.6 Å². The lowest BCUT2D eigenvalue weighted by atomic mass is 10.4. The van der Waals surface area contributed by atoms with Crippen LogP contribution in [0.3, 0.4) is 0 Å². The lowest BCUT2D eigenvalue weighted by Gasteiger charge is -2.17. The third kappa shape index (κ3) is 7.12. The maximum absolute atomic E-state index is 12.0. The zero-order valence-electron chi connectivity index (χ0n) is 11.2. The monoisotopic (exact) mass is 279 g/mol. The van der Waals surface area contributed by atoms with Gasteiger partial charge in [0.15, 0.2) is 0 Å². The highest BCUT2D eigenvalue weighted by Gasteiger charge is 2.26. The van der Waals surface area contributed by atoms with E-state index in [0.717, 1.165) is 12.2 Å². The van der Waals surface area contributed by atoms with E-state index in [2.05, 4.69) is 15.6 Å². The number of aromatic nitrogens is 3. The Morgan fingerprint density at radius 1 is 1.37 bits per heavy atom. The van der Waals surface area contributed by atoms with Crippen molar-refractivity contribution in [3.63, 3.8) is 0 Å². The summed E-state index contributed by atoms with van der Waals surface area (Å²) in [5.41, 5.74) is 0.833. The first-order chi connectivity index (χ1) is 8.90. The summed E-state index contributed by atoms with van der Waals surface area (Å²) in [5.74, 6) is 0. The number of halogens is 3. The number of rotatable bonds is 8. The van der Waals surface area contributed by atoms with E-state index < -0.39 is 12.6 Å². The standard InChI is InChI=1S/C11H20F3N5/c1-3-15-8-10-9-19(17-16-10)7-6-18(2)5-4-11(12,13)14/h9,15H,3-8H2,1-2H3. The fraction of sp³-hybridized carbons (Fsp3) is 0.818. The predicted octanol–water partition coefficient (Wildman–Crippen LogP) is 1.27. The molecule has 0 aliphatic carbocycles. The average Bonchev–Trinajstić information content (AvgIpc) is 2.78. The first-order valence-corrected chi connectivity index (χ1v) is 6.25. The van der Waals surface area contributed by atoms with Crippen LogP contribution in [-0.2, 0) is 13.1 Å². The molecule has 0 unspecified atom stereocenters. The van der Waals surface area contributed by atoms with Gasteiger partial charge in [0.2, 0.25) is 0 Å². The van der Waals surface area contributed by atoms with Crippen LogP contribution in [0.1, 0.15) is 19.0 Å². The highest BCUT2D eigenvalue weighted by molar-refractivity contribution is 4.91. The number of alkyl halides is 3. The van der Waals surface area contributed by atoms with Gasteiger partial charge in [-0.3, -0.25) is 4.68 Å². The van der Waals surface area contributed by atoms with Crippen LogP contribution >= 0.6 is 0 Å². The quantitative estimate of drug-likeness (QED) is 0.778. The predicted molar refractivity (Wildman–Crippen MR) is 65.6 cm³/mol. The zero-order valence-corrected chi connectivity index (χ0v) is 11.2. The molecule has 1 aromatic rings. The number of nitrogens with one attached hydrogen (secondary N) is 1. The third-order valence-electron chi connectivity index (χ3n) is 2.63. The summed E-state index contributed by atoms with van der Waals surface area (Å²) < 4.78 is 37.8. The molecular formula is C11H20F3N5. The van der Waals surface area contributed by atoms with E-state index in [0.29, 0.717) is 19.6 Å². The lowest BCUT2D eigenvalue weighted by Crippen LogP contribution is -2.27. The fourth-order valence-corrected chi connectivity index (χ4v) is 1.48. The summed E-state index contributed by atoms with van der Waals surface area (Å²) in [6.07, 6.45) is -3.08. The Hall–Kier alpha value is -1.15. The molecule has 1 N–H and O–H groups in total. The molecule has 0 atom stereocenters. The van der Waals surface area contributed by atoms with Crippen molar-refractivity contribution in [2.24, 2.45) is 0 Å². The zero-order chi connectivity index (χ0) is 14.3. The van der Waals surface area contributed by atoms with Crippen LogP contribution in [-0.4, -0.2) is 52.8 Å². The van der Waals surface area contributed by atoms with Crippen molar-refractivity contribution in [1.82, 2.24) is 25.2 Å². The van der Waals surface area contributed by atoms with E-state index >= 15 is 0 Å². The minimum atomic E-state index is -4.10. The largest absolute Gasteiger partial charge is 0.390 e. The second kappa shape index (κ2) is 7.44. The molecule has 0 saturated carbocycles. The van der Waals surface area contributed by atoms with Crippen molar-refractivity contribution in [1.29, 1.82) is 0 Å². The summed E-state index contributed by atoms with van der Waals surface area (Å²) in [5, 5.41) is 11.0. The van der Waals surface area contributed by atoms with Gasteiger partial charge >= 0.3 is 6.18 Å². The van der Waals surface area contributed by atoms with Crippen LogP contribution < -0.4 is 5.32 Å². The van der Waals surface area contributed by atoms with Crippen LogP contribution in [0.15, 0.2) is 6.20 Å². The minimum absolute atomic E-state index is 0.00243. The molecule has 1 aromatic heterocycles.